The number of methoxy groups -OCH3 is 1. The van der Waals surface area contributed by atoms with Crippen LogP contribution in [-0.4, -0.2) is 25.6 Å². The first-order chi connectivity index (χ1) is 7.29. The molecule has 84 valence electrons. The second-order valence-electron chi connectivity index (χ2n) is 3.62. The van der Waals surface area contributed by atoms with Crippen LogP contribution in [0.2, 0.25) is 0 Å². The zero-order chi connectivity index (χ0) is 11.3. The van der Waals surface area contributed by atoms with Crippen LogP contribution in [0.1, 0.15) is 25.0 Å². The summed E-state index contributed by atoms with van der Waals surface area (Å²) in [5.41, 5.74) is 2.88. The molecule has 1 heterocycles. The van der Waals surface area contributed by atoms with Gasteiger partial charge in [0.15, 0.2) is 0 Å². The third-order valence-electron chi connectivity index (χ3n) is 2.62. The third-order valence-corrected chi connectivity index (χ3v) is 2.62. The Morgan fingerprint density at radius 2 is 1.93 bits per heavy atom. The van der Waals surface area contributed by atoms with E-state index >= 15 is 0 Å². The van der Waals surface area contributed by atoms with Gasteiger partial charge in [0.25, 0.3) is 0 Å². The fourth-order valence-corrected chi connectivity index (χ4v) is 1.80. The first kappa shape index (κ1) is 12.1. The molecule has 0 saturated carbocycles. The van der Waals surface area contributed by atoms with E-state index < -0.39 is 0 Å². The van der Waals surface area contributed by atoms with Crippen LogP contribution in [0, 0.1) is 0 Å². The van der Waals surface area contributed by atoms with Gasteiger partial charge < -0.3 is 9.64 Å². The highest BCUT2D eigenvalue weighted by molar-refractivity contribution is 5.36. The lowest BCUT2D eigenvalue weighted by Gasteiger charge is -2.25. The molecule has 1 aromatic rings. The number of ether oxygens (including phenoxy) is 1. The lowest BCUT2D eigenvalue weighted by molar-refractivity contribution is 0.312. The van der Waals surface area contributed by atoms with Gasteiger partial charge in [-0.15, -0.1) is 0 Å². The third kappa shape index (κ3) is 2.96. The predicted octanol–water partition coefficient (Wildman–Crippen LogP) is 2.71. The Morgan fingerprint density at radius 3 is 2.60 bits per heavy atom. The molecule has 1 aromatic carbocycles. The highest BCUT2D eigenvalue weighted by atomic mass is 16.5. The van der Waals surface area contributed by atoms with Gasteiger partial charge in [-0.05, 0) is 36.7 Å². The fourth-order valence-electron chi connectivity index (χ4n) is 1.80. The van der Waals surface area contributed by atoms with Crippen LogP contribution in [0.4, 0.5) is 0 Å². The molecule has 0 amide bonds. The molecule has 0 fully saturated rings. The number of nitrogens with zero attached hydrogens (tertiary/aromatic N) is 1. The Balaban J connectivity index is 0.000000531. The van der Waals surface area contributed by atoms with Gasteiger partial charge in [-0.2, -0.15) is 0 Å². The maximum atomic E-state index is 5.19. The van der Waals surface area contributed by atoms with Crippen molar-refractivity contribution < 1.29 is 4.74 Å². The van der Waals surface area contributed by atoms with Crippen LogP contribution in [0.3, 0.4) is 0 Å². The summed E-state index contributed by atoms with van der Waals surface area (Å²) in [7, 11) is 3.88. The molecule has 0 aromatic heterocycles. The molecule has 0 bridgehead atoms. The Labute approximate surface area is 92.9 Å². The van der Waals surface area contributed by atoms with E-state index in [9.17, 15) is 0 Å². The molecular formula is C13H21NO. The normalized spacial score (nSPS) is 14.9. The van der Waals surface area contributed by atoms with Gasteiger partial charge in [0, 0.05) is 13.1 Å². The molecule has 0 saturated heterocycles. The molecular weight excluding hydrogens is 186 g/mol. The number of hydrogen-bond acceptors (Lipinski definition) is 2. The van der Waals surface area contributed by atoms with Crippen molar-refractivity contribution in [2.24, 2.45) is 0 Å². The van der Waals surface area contributed by atoms with Crippen LogP contribution in [0.25, 0.3) is 0 Å². The van der Waals surface area contributed by atoms with Gasteiger partial charge >= 0.3 is 0 Å². The molecule has 0 spiro atoms. The summed E-state index contributed by atoms with van der Waals surface area (Å²) in [4.78, 5) is 2.34. The molecule has 2 nitrogen and oxygen atoms in total. The second-order valence-corrected chi connectivity index (χ2v) is 3.62. The molecule has 0 unspecified atom stereocenters. The second kappa shape index (κ2) is 5.76. The number of likely N-dealkylation sites (N-methyl/N-ethyl adjacent to an activating group) is 1. The summed E-state index contributed by atoms with van der Waals surface area (Å²) in [5.74, 6) is 0.975. The van der Waals surface area contributed by atoms with Crippen LogP contribution in [0.15, 0.2) is 18.2 Å². The van der Waals surface area contributed by atoms with E-state index in [0.29, 0.717) is 0 Å². The molecule has 15 heavy (non-hydrogen) atoms. The molecule has 0 radical (unpaired) electrons. The van der Waals surface area contributed by atoms with Crippen molar-refractivity contribution in [2.75, 3.05) is 20.7 Å². The number of rotatable bonds is 1. The van der Waals surface area contributed by atoms with Gasteiger partial charge in [-0.25, -0.2) is 0 Å². The number of fused-ring (bicyclic) bond motifs is 1. The van der Waals surface area contributed by atoms with Crippen LogP contribution in [-0.2, 0) is 13.0 Å². The van der Waals surface area contributed by atoms with Gasteiger partial charge in [-0.1, -0.05) is 19.9 Å². The Kier molecular flexibility index (Phi) is 4.63. The highest BCUT2D eigenvalue weighted by Gasteiger charge is 2.12. The Morgan fingerprint density at radius 1 is 1.20 bits per heavy atom. The summed E-state index contributed by atoms with van der Waals surface area (Å²) in [6, 6.07) is 6.37. The maximum absolute atomic E-state index is 5.19. The van der Waals surface area contributed by atoms with Gasteiger partial charge in [-0.3, -0.25) is 0 Å². The molecule has 0 aliphatic carbocycles. The zero-order valence-electron chi connectivity index (χ0n) is 10.2. The summed E-state index contributed by atoms with van der Waals surface area (Å²) in [5, 5.41) is 0. The van der Waals surface area contributed by atoms with Crippen LogP contribution in [0.5, 0.6) is 5.75 Å². The minimum absolute atomic E-state index is 0.975. The van der Waals surface area contributed by atoms with E-state index in [-0.39, 0.29) is 0 Å². The molecule has 0 atom stereocenters. The average molecular weight is 207 g/mol. The van der Waals surface area contributed by atoms with Crippen LogP contribution < -0.4 is 4.74 Å². The van der Waals surface area contributed by atoms with E-state index in [1.54, 1.807) is 7.11 Å². The smallest absolute Gasteiger partial charge is 0.119 e. The van der Waals surface area contributed by atoms with E-state index in [1.807, 2.05) is 19.9 Å². The minimum atomic E-state index is 0.975. The lowest BCUT2D eigenvalue weighted by Crippen LogP contribution is -2.26. The van der Waals surface area contributed by atoms with E-state index in [1.165, 1.54) is 11.1 Å². The quantitative estimate of drug-likeness (QED) is 0.702. The highest BCUT2D eigenvalue weighted by Crippen LogP contribution is 2.22. The maximum Gasteiger partial charge on any atom is 0.119 e. The van der Waals surface area contributed by atoms with Crippen molar-refractivity contribution in [2.45, 2.75) is 26.8 Å². The first-order valence-corrected chi connectivity index (χ1v) is 5.64. The van der Waals surface area contributed by atoms with Crippen molar-refractivity contribution >= 4 is 0 Å². The van der Waals surface area contributed by atoms with Gasteiger partial charge in [0.2, 0.25) is 0 Å². The fraction of sp³-hybridized carbons (Fsp3) is 0.538. The summed E-state index contributed by atoms with van der Waals surface area (Å²) in [6.07, 6.45) is 1.14. The van der Waals surface area contributed by atoms with E-state index in [0.717, 1.165) is 25.3 Å². The summed E-state index contributed by atoms with van der Waals surface area (Å²) >= 11 is 0. The SMILES string of the molecule is CC.COc1ccc2c(c1)CCN(C)C2. The van der Waals surface area contributed by atoms with Crippen LogP contribution >= 0.6 is 0 Å². The summed E-state index contributed by atoms with van der Waals surface area (Å²) in [6.45, 7) is 6.22. The molecule has 2 heteroatoms. The topological polar surface area (TPSA) is 12.5 Å². The Hall–Kier alpha value is -1.02. The largest absolute Gasteiger partial charge is 0.497 e. The Bertz CT molecular complexity index is 309. The van der Waals surface area contributed by atoms with E-state index in [2.05, 4.69) is 24.1 Å². The van der Waals surface area contributed by atoms with Crippen molar-refractivity contribution in [1.29, 1.82) is 0 Å². The minimum Gasteiger partial charge on any atom is -0.497 e. The lowest BCUT2D eigenvalue weighted by atomic mass is 10.00. The monoisotopic (exact) mass is 207 g/mol. The predicted molar refractivity (Wildman–Crippen MR) is 64.4 cm³/mol. The molecule has 0 N–H and O–H groups in total. The molecule has 1 aliphatic heterocycles. The molecule has 2 rings (SSSR count). The number of benzene rings is 1. The van der Waals surface area contributed by atoms with Crippen molar-refractivity contribution in [3.8, 4) is 5.75 Å². The van der Waals surface area contributed by atoms with Crippen molar-refractivity contribution in [3.63, 3.8) is 0 Å². The first-order valence-electron chi connectivity index (χ1n) is 5.64. The average Bonchev–Trinajstić information content (AvgIpc) is 2.31. The number of hydrogen-bond donors (Lipinski definition) is 0. The van der Waals surface area contributed by atoms with Gasteiger partial charge in [0.05, 0.1) is 7.11 Å². The zero-order valence-corrected chi connectivity index (χ0v) is 10.2. The summed E-state index contributed by atoms with van der Waals surface area (Å²) < 4.78 is 5.19. The standard InChI is InChI=1S/C11H15NO.C2H6/c1-12-6-5-9-7-11(13-2)4-3-10(9)8-12;1-2/h3-4,7H,5-6,8H2,1-2H3;1-2H3. The van der Waals surface area contributed by atoms with Crippen molar-refractivity contribution in [1.82, 2.24) is 4.90 Å². The van der Waals surface area contributed by atoms with E-state index in [4.69, 9.17) is 4.74 Å². The van der Waals surface area contributed by atoms with Gasteiger partial charge in [0.1, 0.15) is 5.75 Å². The van der Waals surface area contributed by atoms with Crippen molar-refractivity contribution in [3.05, 3.63) is 29.3 Å². The molecule has 1 aliphatic rings.